The van der Waals surface area contributed by atoms with E-state index in [1.807, 2.05) is 0 Å². The van der Waals surface area contributed by atoms with Gasteiger partial charge in [-0.2, -0.15) is 0 Å². The Bertz CT molecular complexity index is 554. The Morgan fingerprint density at radius 3 is 2.52 bits per heavy atom. The fourth-order valence-corrected chi connectivity index (χ4v) is 3.46. The van der Waals surface area contributed by atoms with Gasteiger partial charge in [0.1, 0.15) is 5.82 Å². The van der Waals surface area contributed by atoms with Gasteiger partial charge in [-0.15, -0.1) is 0 Å². The molecule has 1 saturated carbocycles. The van der Waals surface area contributed by atoms with E-state index >= 15 is 0 Å². The van der Waals surface area contributed by atoms with E-state index in [1.165, 1.54) is 12.1 Å². The Labute approximate surface area is 148 Å². The fourth-order valence-electron chi connectivity index (χ4n) is 3.46. The van der Waals surface area contributed by atoms with E-state index in [4.69, 9.17) is 4.74 Å². The van der Waals surface area contributed by atoms with Gasteiger partial charge < -0.3 is 20.3 Å². The highest BCUT2D eigenvalue weighted by Gasteiger charge is 2.33. The first-order chi connectivity index (χ1) is 12.2. The first kappa shape index (κ1) is 18.1. The summed E-state index contributed by atoms with van der Waals surface area (Å²) in [6.07, 6.45) is 4.70. The Balaban J connectivity index is 1.41. The van der Waals surface area contributed by atoms with Crippen molar-refractivity contribution in [3.05, 3.63) is 35.6 Å². The molecule has 1 heterocycles. The minimum Gasteiger partial charge on any atom is -0.381 e. The summed E-state index contributed by atoms with van der Waals surface area (Å²) in [5.41, 5.74) is 0.973. The Morgan fingerprint density at radius 1 is 1.24 bits per heavy atom. The van der Waals surface area contributed by atoms with Crippen LogP contribution in [0.1, 0.15) is 37.3 Å². The van der Waals surface area contributed by atoms with Gasteiger partial charge in [0.15, 0.2) is 0 Å². The molecule has 1 aliphatic heterocycles. The van der Waals surface area contributed by atoms with Crippen molar-refractivity contribution in [2.75, 3.05) is 33.3 Å². The van der Waals surface area contributed by atoms with Gasteiger partial charge >= 0.3 is 6.03 Å². The van der Waals surface area contributed by atoms with Crippen molar-refractivity contribution >= 4 is 6.03 Å². The molecule has 2 aliphatic rings. The molecule has 3 rings (SSSR count). The standard InChI is InChI=1S/C19H28FN3O2/c1-25-17-8-11-23(12-9-17)13-10-21-19(24)22-18(14-2-3-14)15-4-6-16(20)7-5-15/h4-7,14,17-18H,2-3,8-13H2,1H3,(H2,21,22,24)/t18-/m1/s1. The summed E-state index contributed by atoms with van der Waals surface area (Å²) in [4.78, 5) is 14.6. The molecule has 138 valence electrons. The predicted molar refractivity (Wildman–Crippen MR) is 94.9 cm³/mol. The van der Waals surface area contributed by atoms with Crippen LogP contribution in [0.3, 0.4) is 0 Å². The predicted octanol–water partition coefficient (Wildman–Crippen LogP) is 2.69. The number of likely N-dealkylation sites (tertiary alicyclic amines) is 1. The summed E-state index contributed by atoms with van der Waals surface area (Å²) in [5.74, 6) is 0.212. The summed E-state index contributed by atoms with van der Waals surface area (Å²) in [6, 6.07) is 6.25. The highest BCUT2D eigenvalue weighted by molar-refractivity contribution is 5.74. The molecular formula is C19H28FN3O2. The van der Waals surface area contributed by atoms with Crippen molar-refractivity contribution in [1.82, 2.24) is 15.5 Å². The van der Waals surface area contributed by atoms with Gasteiger partial charge in [0, 0.05) is 33.3 Å². The topological polar surface area (TPSA) is 53.6 Å². The molecule has 0 unspecified atom stereocenters. The lowest BCUT2D eigenvalue weighted by molar-refractivity contribution is 0.0416. The number of rotatable bonds is 7. The van der Waals surface area contributed by atoms with Gasteiger partial charge in [-0.1, -0.05) is 12.1 Å². The molecule has 1 aromatic rings. The van der Waals surface area contributed by atoms with Gasteiger partial charge in [0.25, 0.3) is 0 Å². The van der Waals surface area contributed by atoms with E-state index < -0.39 is 0 Å². The first-order valence-corrected chi connectivity index (χ1v) is 9.20. The maximum atomic E-state index is 13.1. The van der Waals surface area contributed by atoms with E-state index in [1.54, 1.807) is 19.2 Å². The number of urea groups is 1. The van der Waals surface area contributed by atoms with Crippen molar-refractivity contribution in [3.8, 4) is 0 Å². The Hall–Kier alpha value is -1.66. The second-order valence-corrected chi connectivity index (χ2v) is 7.04. The first-order valence-electron chi connectivity index (χ1n) is 9.20. The van der Waals surface area contributed by atoms with Gasteiger partial charge in [-0.05, 0) is 49.3 Å². The summed E-state index contributed by atoms with van der Waals surface area (Å²) in [7, 11) is 1.77. The zero-order chi connectivity index (χ0) is 17.6. The van der Waals surface area contributed by atoms with Crippen molar-refractivity contribution in [3.63, 3.8) is 0 Å². The number of hydrogen-bond acceptors (Lipinski definition) is 3. The molecule has 5 nitrogen and oxygen atoms in total. The molecule has 2 amide bonds. The zero-order valence-electron chi connectivity index (χ0n) is 14.8. The molecule has 6 heteroatoms. The van der Waals surface area contributed by atoms with Gasteiger partial charge in [0.2, 0.25) is 0 Å². The van der Waals surface area contributed by atoms with Gasteiger partial charge in [0.05, 0.1) is 12.1 Å². The second-order valence-electron chi connectivity index (χ2n) is 7.04. The highest BCUT2D eigenvalue weighted by Crippen LogP contribution is 2.40. The third kappa shape index (κ3) is 5.41. The van der Waals surface area contributed by atoms with Gasteiger partial charge in [-0.3, -0.25) is 0 Å². The number of amides is 2. The molecule has 2 N–H and O–H groups in total. The number of methoxy groups -OCH3 is 1. The Kier molecular flexibility index (Phi) is 6.26. The lowest BCUT2D eigenvalue weighted by atomic mass is 10.0. The van der Waals surface area contributed by atoms with E-state index in [2.05, 4.69) is 15.5 Å². The van der Waals surface area contributed by atoms with Crippen molar-refractivity contribution in [1.29, 1.82) is 0 Å². The van der Waals surface area contributed by atoms with Crippen molar-refractivity contribution in [2.45, 2.75) is 37.8 Å². The number of halogens is 1. The quantitative estimate of drug-likeness (QED) is 0.796. The molecule has 1 atom stereocenters. The molecule has 1 aromatic carbocycles. The molecular weight excluding hydrogens is 321 g/mol. The molecule has 1 aliphatic carbocycles. The number of piperidine rings is 1. The van der Waals surface area contributed by atoms with E-state index in [0.717, 1.165) is 50.9 Å². The molecule has 0 radical (unpaired) electrons. The van der Waals surface area contributed by atoms with E-state index in [9.17, 15) is 9.18 Å². The van der Waals surface area contributed by atoms with Crippen molar-refractivity contribution < 1.29 is 13.9 Å². The van der Waals surface area contributed by atoms with Crippen LogP contribution in [0.15, 0.2) is 24.3 Å². The number of benzene rings is 1. The molecule has 2 fully saturated rings. The van der Waals surface area contributed by atoms with E-state index in [-0.39, 0.29) is 17.9 Å². The van der Waals surface area contributed by atoms with Crippen LogP contribution in [0.5, 0.6) is 0 Å². The zero-order valence-corrected chi connectivity index (χ0v) is 14.8. The number of ether oxygens (including phenoxy) is 1. The molecule has 1 saturated heterocycles. The smallest absolute Gasteiger partial charge is 0.315 e. The summed E-state index contributed by atoms with van der Waals surface area (Å²) in [6.45, 7) is 3.52. The summed E-state index contributed by atoms with van der Waals surface area (Å²) in [5, 5.41) is 6.01. The van der Waals surface area contributed by atoms with Crippen LogP contribution in [0.4, 0.5) is 9.18 Å². The number of carbonyl (C=O) groups excluding carboxylic acids is 1. The van der Waals surface area contributed by atoms with Gasteiger partial charge in [-0.25, -0.2) is 9.18 Å². The monoisotopic (exact) mass is 349 g/mol. The number of hydrogen-bond donors (Lipinski definition) is 2. The Morgan fingerprint density at radius 2 is 1.92 bits per heavy atom. The lowest BCUT2D eigenvalue weighted by Crippen LogP contribution is -2.44. The normalized spacial score (nSPS) is 20.2. The SMILES string of the molecule is COC1CCN(CCNC(=O)N[C@@H](c2ccc(F)cc2)C2CC2)CC1. The van der Waals surface area contributed by atoms with E-state index in [0.29, 0.717) is 18.6 Å². The van der Waals surface area contributed by atoms with Crippen LogP contribution < -0.4 is 10.6 Å². The van der Waals surface area contributed by atoms with Crippen LogP contribution in [-0.4, -0.2) is 50.3 Å². The average molecular weight is 349 g/mol. The minimum atomic E-state index is -0.250. The van der Waals surface area contributed by atoms with Crippen LogP contribution in [0, 0.1) is 11.7 Å². The van der Waals surface area contributed by atoms with Crippen LogP contribution in [0.25, 0.3) is 0 Å². The number of carbonyl (C=O) groups is 1. The van der Waals surface area contributed by atoms with Crippen molar-refractivity contribution in [2.24, 2.45) is 5.92 Å². The van der Waals surface area contributed by atoms with Crippen LogP contribution >= 0.6 is 0 Å². The highest BCUT2D eigenvalue weighted by atomic mass is 19.1. The fraction of sp³-hybridized carbons (Fsp3) is 0.632. The average Bonchev–Trinajstić information content (AvgIpc) is 3.46. The lowest BCUT2D eigenvalue weighted by Gasteiger charge is -2.31. The second kappa shape index (κ2) is 8.63. The van der Waals surface area contributed by atoms with Crippen LogP contribution in [-0.2, 0) is 4.74 Å². The largest absolute Gasteiger partial charge is 0.381 e. The third-order valence-corrected chi connectivity index (χ3v) is 5.19. The number of nitrogens with one attached hydrogen (secondary N) is 2. The molecule has 0 bridgehead atoms. The summed E-state index contributed by atoms with van der Waals surface area (Å²) < 4.78 is 18.5. The molecule has 0 spiro atoms. The molecule has 0 aromatic heterocycles. The number of nitrogens with zero attached hydrogens (tertiary/aromatic N) is 1. The molecule has 25 heavy (non-hydrogen) atoms. The maximum Gasteiger partial charge on any atom is 0.315 e. The third-order valence-electron chi connectivity index (χ3n) is 5.19. The van der Waals surface area contributed by atoms with Crippen LogP contribution in [0.2, 0.25) is 0 Å². The summed E-state index contributed by atoms with van der Waals surface area (Å²) >= 11 is 0. The maximum absolute atomic E-state index is 13.1. The minimum absolute atomic E-state index is 0.0296.